The third-order valence-electron chi connectivity index (χ3n) is 5.83. The third kappa shape index (κ3) is 3.68. The lowest BCUT2D eigenvalue weighted by Crippen LogP contribution is -2.32. The highest BCUT2D eigenvalue weighted by Gasteiger charge is 2.46. The van der Waals surface area contributed by atoms with Crippen LogP contribution in [0.15, 0.2) is 60.9 Å². The molecular weight excluding hydrogens is 364 g/mol. The maximum atomic E-state index is 6.11. The van der Waals surface area contributed by atoms with E-state index in [0.29, 0.717) is 37.0 Å². The average Bonchev–Trinajstić information content (AvgIpc) is 3.11. The van der Waals surface area contributed by atoms with Gasteiger partial charge in [0.05, 0.1) is 18.9 Å². The van der Waals surface area contributed by atoms with E-state index in [2.05, 4.69) is 44.1 Å². The zero-order valence-electron chi connectivity index (χ0n) is 16.4. The molecular formula is C23H24N4O2. The number of hydrogen-bond donors (Lipinski definition) is 0. The summed E-state index contributed by atoms with van der Waals surface area (Å²) in [6.07, 6.45) is 3.60. The van der Waals surface area contributed by atoms with E-state index in [1.165, 1.54) is 5.56 Å². The number of rotatable bonds is 5. The summed E-state index contributed by atoms with van der Waals surface area (Å²) < 4.78 is 12.2. The molecule has 2 aliphatic rings. The fraction of sp³-hybridized carbons (Fsp3) is 0.348. The van der Waals surface area contributed by atoms with Gasteiger partial charge in [-0.25, -0.2) is 4.98 Å². The van der Waals surface area contributed by atoms with Gasteiger partial charge in [-0.1, -0.05) is 24.3 Å². The molecule has 0 unspecified atom stereocenters. The van der Waals surface area contributed by atoms with Crippen LogP contribution in [0.3, 0.4) is 0 Å². The first kappa shape index (κ1) is 18.1. The largest absolute Gasteiger partial charge is 0.493 e. The summed E-state index contributed by atoms with van der Waals surface area (Å²) in [5.41, 5.74) is 2.35. The topological polar surface area (TPSA) is 60.4 Å². The lowest BCUT2D eigenvalue weighted by atomic mass is 9.85. The Labute approximate surface area is 170 Å². The van der Waals surface area contributed by atoms with Crippen molar-refractivity contribution in [3.05, 3.63) is 78.0 Å². The van der Waals surface area contributed by atoms with Crippen LogP contribution in [0.4, 0.5) is 0 Å². The third-order valence-corrected chi connectivity index (χ3v) is 5.83. The van der Waals surface area contributed by atoms with Crippen LogP contribution >= 0.6 is 0 Å². The number of nitrogens with zero attached hydrogens (tertiary/aromatic N) is 4. The van der Waals surface area contributed by atoms with E-state index >= 15 is 0 Å². The van der Waals surface area contributed by atoms with Gasteiger partial charge in [-0.05, 0) is 25.1 Å². The van der Waals surface area contributed by atoms with E-state index in [9.17, 15) is 0 Å². The molecule has 1 saturated heterocycles. The van der Waals surface area contributed by atoms with Crippen LogP contribution in [0.2, 0.25) is 0 Å². The zero-order valence-corrected chi connectivity index (χ0v) is 16.4. The fourth-order valence-electron chi connectivity index (χ4n) is 4.52. The Balaban J connectivity index is 1.39. The molecule has 29 heavy (non-hydrogen) atoms. The van der Waals surface area contributed by atoms with E-state index in [1.807, 2.05) is 37.4 Å². The molecule has 0 aliphatic carbocycles. The molecule has 5 rings (SSSR count). The smallest absolute Gasteiger partial charge is 0.216 e. The monoisotopic (exact) mass is 388 g/mol. The van der Waals surface area contributed by atoms with Gasteiger partial charge in [0.1, 0.15) is 11.6 Å². The van der Waals surface area contributed by atoms with Crippen LogP contribution in [0.25, 0.3) is 0 Å². The molecule has 1 aromatic carbocycles. The molecule has 4 heterocycles. The Morgan fingerprint density at radius 1 is 1.07 bits per heavy atom. The van der Waals surface area contributed by atoms with E-state index in [1.54, 1.807) is 6.20 Å². The Hall–Kier alpha value is -2.99. The van der Waals surface area contributed by atoms with Gasteiger partial charge in [0.25, 0.3) is 0 Å². The molecule has 0 N–H and O–H groups in total. The van der Waals surface area contributed by atoms with Crippen molar-refractivity contribution >= 4 is 0 Å². The first-order chi connectivity index (χ1) is 14.3. The number of aryl methyl sites for hydroxylation is 1. The van der Waals surface area contributed by atoms with Crippen LogP contribution in [0.1, 0.15) is 23.1 Å². The summed E-state index contributed by atoms with van der Waals surface area (Å²) in [6, 6.07) is 16.6. The molecule has 0 spiro atoms. The second-order valence-electron chi connectivity index (χ2n) is 7.72. The summed E-state index contributed by atoms with van der Waals surface area (Å²) in [4.78, 5) is 15.6. The summed E-state index contributed by atoms with van der Waals surface area (Å²) >= 11 is 0. The van der Waals surface area contributed by atoms with Crippen molar-refractivity contribution in [2.24, 2.45) is 11.8 Å². The van der Waals surface area contributed by atoms with Crippen molar-refractivity contribution in [1.82, 2.24) is 19.9 Å². The minimum absolute atomic E-state index is 0.308. The van der Waals surface area contributed by atoms with Crippen molar-refractivity contribution in [2.75, 3.05) is 19.8 Å². The molecule has 2 aliphatic heterocycles. The van der Waals surface area contributed by atoms with Gasteiger partial charge >= 0.3 is 0 Å². The second kappa shape index (κ2) is 7.79. The van der Waals surface area contributed by atoms with Gasteiger partial charge < -0.3 is 9.47 Å². The standard InChI is InChI=1S/C23H24N4O2/c1-16-24-11-9-22(26-16)29-14-17-12-27(13-18-6-4-5-10-25-18)23-19-7-2-3-8-21(19)28-15-20(17)23/h2-11,17,20,23H,12-15H2,1H3/t17-,20-,23-/m0/s1. The van der Waals surface area contributed by atoms with Crippen LogP contribution in [0.5, 0.6) is 11.6 Å². The Morgan fingerprint density at radius 3 is 2.83 bits per heavy atom. The quantitative estimate of drug-likeness (QED) is 0.667. The van der Waals surface area contributed by atoms with Gasteiger partial charge in [0.15, 0.2) is 0 Å². The van der Waals surface area contributed by atoms with Crippen molar-refractivity contribution in [2.45, 2.75) is 19.5 Å². The molecule has 0 radical (unpaired) electrons. The molecule has 148 valence electrons. The van der Waals surface area contributed by atoms with Gasteiger partial charge in [0, 0.05) is 55.0 Å². The summed E-state index contributed by atoms with van der Waals surface area (Å²) in [5, 5.41) is 0. The summed E-state index contributed by atoms with van der Waals surface area (Å²) in [6.45, 7) is 4.95. The van der Waals surface area contributed by atoms with Crippen LogP contribution in [0, 0.1) is 18.8 Å². The van der Waals surface area contributed by atoms with Gasteiger partial charge in [-0.15, -0.1) is 0 Å². The van der Waals surface area contributed by atoms with Crippen LogP contribution < -0.4 is 9.47 Å². The second-order valence-corrected chi connectivity index (χ2v) is 7.72. The van der Waals surface area contributed by atoms with E-state index in [4.69, 9.17) is 9.47 Å². The number of pyridine rings is 1. The molecule has 3 atom stereocenters. The van der Waals surface area contributed by atoms with E-state index in [0.717, 1.165) is 30.4 Å². The number of fused-ring (bicyclic) bond motifs is 3. The predicted molar refractivity (Wildman–Crippen MR) is 109 cm³/mol. The van der Waals surface area contributed by atoms with Crippen molar-refractivity contribution in [1.29, 1.82) is 0 Å². The van der Waals surface area contributed by atoms with Crippen molar-refractivity contribution in [3.63, 3.8) is 0 Å². The maximum Gasteiger partial charge on any atom is 0.216 e. The lowest BCUT2D eigenvalue weighted by molar-refractivity contribution is 0.121. The highest BCUT2D eigenvalue weighted by Crippen LogP contribution is 2.47. The summed E-state index contributed by atoms with van der Waals surface area (Å²) in [7, 11) is 0. The normalized spacial score (nSPS) is 23.1. The number of hydrogen-bond acceptors (Lipinski definition) is 6. The minimum atomic E-state index is 0.308. The van der Waals surface area contributed by atoms with Crippen LogP contribution in [-0.2, 0) is 6.54 Å². The predicted octanol–water partition coefficient (Wildman–Crippen LogP) is 3.44. The highest BCUT2D eigenvalue weighted by atomic mass is 16.5. The lowest BCUT2D eigenvalue weighted by Gasteiger charge is -2.34. The summed E-state index contributed by atoms with van der Waals surface area (Å²) in [5.74, 6) is 3.07. The van der Waals surface area contributed by atoms with E-state index < -0.39 is 0 Å². The molecule has 0 bridgehead atoms. The maximum absolute atomic E-state index is 6.11. The number of para-hydroxylation sites is 1. The minimum Gasteiger partial charge on any atom is -0.493 e. The Kier molecular flexibility index (Phi) is 4.86. The van der Waals surface area contributed by atoms with Gasteiger partial charge in [-0.2, -0.15) is 4.98 Å². The number of likely N-dealkylation sites (tertiary alicyclic amines) is 1. The SMILES string of the molecule is Cc1nccc(OC[C@@H]2CN(Cc3ccccn3)[C@H]3c4ccccc4OC[C@@H]23)n1. The first-order valence-corrected chi connectivity index (χ1v) is 10.1. The average molecular weight is 388 g/mol. The molecule has 1 fully saturated rings. The van der Waals surface area contributed by atoms with E-state index in [-0.39, 0.29) is 0 Å². The van der Waals surface area contributed by atoms with Gasteiger partial charge in [0.2, 0.25) is 5.88 Å². The molecule has 6 nitrogen and oxygen atoms in total. The zero-order chi connectivity index (χ0) is 19.6. The van der Waals surface area contributed by atoms with Gasteiger partial charge in [-0.3, -0.25) is 9.88 Å². The van der Waals surface area contributed by atoms with Crippen LogP contribution in [-0.4, -0.2) is 39.6 Å². The Bertz CT molecular complexity index is 981. The van der Waals surface area contributed by atoms with Crippen molar-refractivity contribution < 1.29 is 9.47 Å². The number of aromatic nitrogens is 3. The molecule has 3 aromatic rings. The highest BCUT2D eigenvalue weighted by molar-refractivity contribution is 5.39. The number of ether oxygens (including phenoxy) is 2. The Morgan fingerprint density at radius 2 is 1.97 bits per heavy atom. The number of benzene rings is 1. The molecule has 0 amide bonds. The van der Waals surface area contributed by atoms with Crippen molar-refractivity contribution in [3.8, 4) is 11.6 Å². The molecule has 6 heteroatoms. The molecule has 2 aromatic heterocycles. The fourth-order valence-corrected chi connectivity index (χ4v) is 4.52. The first-order valence-electron chi connectivity index (χ1n) is 10.1. The molecule has 0 saturated carbocycles.